The Morgan fingerprint density at radius 1 is 1.11 bits per heavy atom. The van der Waals surface area contributed by atoms with E-state index in [0.717, 1.165) is 77.9 Å². The number of fused-ring (bicyclic) bond motifs is 3. The highest BCUT2D eigenvalue weighted by molar-refractivity contribution is 7.90. The van der Waals surface area contributed by atoms with Crippen molar-refractivity contribution in [1.82, 2.24) is 25.5 Å². The zero-order valence-corrected chi connectivity index (χ0v) is 37.6. The highest BCUT2D eigenvalue weighted by atomic mass is 32.2. The number of nitrogens with two attached hydrogens (primary N) is 1. The Labute approximate surface area is 366 Å². The van der Waals surface area contributed by atoms with Crippen LogP contribution in [0.4, 0.5) is 4.79 Å². The maximum absolute atomic E-state index is 14.6. The Kier molecular flexibility index (Phi) is 12.9. The van der Waals surface area contributed by atoms with Gasteiger partial charge in [0, 0.05) is 47.6 Å². The fourth-order valence-corrected chi connectivity index (χ4v) is 10.2. The fourth-order valence-electron chi connectivity index (χ4n) is 8.43. The number of hydrogen-bond acceptors (Lipinski definition) is 12. The first kappa shape index (κ1) is 45.2. The number of pyridine rings is 1. The van der Waals surface area contributed by atoms with Gasteiger partial charge in [0.25, 0.3) is 0 Å². The van der Waals surface area contributed by atoms with Gasteiger partial charge in [-0.05, 0) is 68.4 Å². The molecular weight excluding hydrogens is 837 g/mol. The van der Waals surface area contributed by atoms with Crippen LogP contribution >= 0.6 is 11.3 Å². The van der Waals surface area contributed by atoms with E-state index in [1.165, 1.54) is 11.0 Å². The van der Waals surface area contributed by atoms with Gasteiger partial charge in [-0.2, -0.15) is 0 Å². The lowest BCUT2D eigenvalue weighted by atomic mass is 9.85. The summed E-state index contributed by atoms with van der Waals surface area (Å²) < 4.78 is 38.7. The van der Waals surface area contributed by atoms with Crippen LogP contribution in [0.5, 0.6) is 11.5 Å². The van der Waals surface area contributed by atoms with Crippen LogP contribution < -0.4 is 25.2 Å². The molecule has 2 aliphatic heterocycles. The second-order valence-electron chi connectivity index (χ2n) is 18.6. The first-order valence-electron chi connectivity index (χ1n) is 21.5. The molecule has 5 aliphatic rings. The Morgan fingerprint density at radius 3 is 2.44 bits per heavy atom. The lowest BCUT2D eigenvalue weighted by molar-refractivity contribution is -0.146. The van der Waals surface area contributed by atoms with E-state index >= 15 is 0 Å². The molecule has 3 aromatic rings. The Morgan fingerprint density at radius 2 is 1.84 bits per heavy atom. The molecule has 3 saturated carbocycles. The monoisotopic (exact) mass is 894 g/mol. The van der Waals surface area contributed by atoms with Crippen LogP contribution in [-0.4, -0.2) is 101 Å². The number of rotatable bonds is 13. The number of ether oxygens (including phenoxy) is 3. The summed E-state index contributed by atoms with van der Waals surface area (Å²) in [7, 11) is -3.13. The molecule has 0 bridgehead atoms. The second-order valence-corrected chi connectivity index (χ2v) is 21.4. The predicted octanol–water partition coefficient (Wildman–Crippen LogP) is 5.51. The van der Waals surface area contributed by atoms with Gasteiger partial charge < -0.3 is 34.9 Å². The highest BCUT2D eigenvalue weighted by Crippen LogP contribution is 2.45. The first-order chi connectivity index (χ1) is 29.3. The van der Waals surface area contributed by atoms with Crippen LogP contribution in [0.2, 0.25) is 0 Å². The minimum absolute atomic E-state index is 0.0102. The number of likely N-dealkylation sites (tertiary alicyclic amines) is 1. The molecular formula is C44H58N6O10S2. The number of carboxylic acid groups (broad SMARTS) is 1. The van der Waals surface area contributed by atoms with Gasteiger partial charge in [-0.25, -0.2) is 33.1 Å². The summed E-state index contributed by atoms with van der Waals surface area (Å²) in [5, 5.41) is 23.9. The summed E-state index contributed by atoms with van der Waals surface area (Å²) >= 11 is 1.59. The van der Waals surface area contributed by atoms with E-state index in [4.69, 9.17) is 29.3 Å². The third-order valence-electron chi connectivity index (χ3n) is 12.1. The third-order valence-corrected chi connectivity index (χ3v) is 14.4. The number of carbonyl (C=O) groups excluding carboxylic acids is 3. The quantitative estimate of drug-likeness (QED) is 0.156. The van der Waals surface area contributed by atoms with Crippen molar-refractivity contribution in [3.05, 3.63) is 46.8 Å². The molecule has 5 N–H and O–H groups in total. The highest BCUT2D eigenvalue weighted by Gasteiger charge is 2.61. The number of hydrogen-bond donors (Lipinski definition) is 4. The molecule has 336 valence electrons. The van der Waals surface area contributed by atoms with Gasteiger partial charge in [0.15, 0.2) is 0 Å². The number of sulfonamides is 1. The molecule has 62 heavy (non-hydrogen) atoms. The van der Waals surface area contributed by atoms with Crippen LogP contribution in [0.15, 0.2) is 36.2 Å². The van der Waals surface area contributed by atoms with Gasteiger partial charge in [-0.1, -0.05) is 40.7 Å². The van der Waals surface area contributed by atoms with Gasteiger partial charge in [0.1, 0.15) is 41.3 Å². The van der Waals surface area contributed by atoms with Crippen LogP contribution in [0.1, 0.15) is 96.6 Å². The van der Waals surface area contributed by atoms with Crippen molar-refractivity contribution in [3.63, 3.8) is 0 Å². The van der Waals surface area contributed by atoms with E-state index in [9.17, 15) is 32.7 Å². The molecule has 0 radical (unpaired) electrons. The van der Waals surface area contributed by atoms with Gasteiger partial charge in [-0.3, -0.25) is 9.59 Å². The molecule has 1 unspecified atom stereocenters. The molecule has 2 aromatic heterocycles. The van der Waals surface area contributed by atoms with Crippen molar-refractivity contribution in [2.24, 2.45) is 22.4 Å². The molecule has 1 aromatic carbocycles. The largest absolute Gasteiger partial charge is 0.493 e. The van der Waals surface area contributed by atoms with Crippen molar-refractivity contribution in [1.29, 1.82) is 0 Å². The normalized spacial score (nSPS) is 23.8. The number of primary sulfonamides is 1. The average Bonchev–Trinajstić information content (AvgIpc) is 3.82. The second kappa shape index (κ2) is 17.8. The predicted molar refractivity (Wildman–Crippen MR) is 233 cm³/mol. The fraction of sp³-hybridized carbons (Fsp3) is 0.591. The smallest absolute Gasteiger partial charge is 0.408 e. The standard InChI is InChI=1S/C41H51N5O8S.C3H7NO2S/c1-7-23-19-41(23,38(49)50)45-36(47)30-17-25(20-46(30)37(48)35(40(4,5)6)44-39(51)54-24-10-8-9-11-24)53-32-18-28(29-21-55-33(42-29)16-22(2)3)43-34-26(32)12-13-31-27(34)14-15-52-31;4-7(5,6)3-1-2-3/h7,12-13,18,21-25,30,35H,1,8-11,14-17,19-20H2,2-6H3,(H,44,51)(H,45,47)(H,49,50);3H,1-2H2,(H2,4,5,6)/t23?,25-,30+,35-,41-;/m1./s1. The lowest BCUT2D eigenvalue weighted by Gasteiger charge is -2.35. The lowest BCUT2D eigenvalue weighted by Crippen LogP contribution is -2.59. The van der Waals surface area contributed by atoms with Crippen LogP contribution in [-0.2, 0) is 42.0 Å². The zero-order valence-electron chi connectivity index (χ0n) is 36.0. The summed E-state index contributed by atoms with van der Waals surface area (Å²) in [5.74, 6) is -0.966. The summed E-state index contributed by atoms with van der Waals surface area (Å²) in [6, 6.07) is 3.54. The van der Waals surface area contributed by atoms with Crippen molar-refractivity contribution in [3.8, 4) is 22.9 Å². The maximum Gasteiger partial charge on any atom is 0.408 e. The number of thiazole rings is 1. The van der Waals surface area contributed by atoms with Crippen molar-refractivity contribution in [2.75, 3.05) is 13.2 Å². The molecule has 8 rings (SSSR count). The molecule has 16 nitrogen and oxygen atoms in total. The van der Waals surface area contributed by atoms with Crippen molar-refractivity contribution >= 4 is 56.1 Å². The molecule has 3 amide bonds. The number of nitrogens with zero attached hydrogens (tertiary/aromatic N) is 3. The summed E-state index contributed by atoms with van der Waals surface area (Å²) in [5.41, 5.74) is 0.823. The van der Waals surface area contributed by atoms with Crippen molar-refractivity contribution < 1.29 is 46.9 Å². The number of amides is 3. The van der Waals surface area contributed by atoms with Gasteiger partial charge in [-0.15, -0.1) is 17.9 Å². The van der Waals surface area contributed by atoms with E-state index in [-0.39, 0.29) is 30.7 Å². The molecule has 4 fully saturated rings. The van der Waals surface area contributed by atoms with Gasteiger partial charge >= 0.3 is 12.1 Å². The SMILES string of the molecule is C=CC1C[C@]1(NC(=O)[C@@H]1C[C@@H](Oc2cc(-c3csc(CC(C)C)n3)nc3c4c(ccc23)OCC4)CN1C(=O)[C@@H](NC(=O)OC1CCCC1)C(C)(C)C)C(=O)O.NS(=O)(=O)C1CC1. The molecule has 1 saturated heterocycles. The number of carboxylic acids is 1. The first-order valence-corrected chi connectivity index (χ1v) is 23.9. The summed E-state index contributed by atoms with van der Waals surface area (Å²) in [4.78, 5) is 65.7. The van der Waals surface area contributed by atoms with Gasteiger partial charge in [0.2, 0.25) is 21.8 Å². The maximum atomic E-state index is 14.6. The van der Waals surface area contributed by atoms with Gasteiger partial charge in [0.05, 0.1) is 40.3 Å². The molecule has 4 heterocycles. The molecule has 0 spiro atoms. The zero-order chi connectivity index (χ0) is 44.7. The van der Waals surface area contributed by atoms with E-state index in [2.05, 4.69) is 31.1 Å². The molecule has 3 aliphatic carbocycles. The van der Waals surface area contributed by atoms with Crippen LogP contribution in [0.3, 0.4) is 0 Å². The number of benzene rings is 1. The van der Waals surface area contributed by atoms with E-state index in [0.29, 0.717) is 30.4 Å². The third kappa shape index (κ3) is 10.0. The number of carbonyl (C=O) groups is 4. The number of aliphatic carboxylic acids is 1. The Hall–Kier alpha value is -4.81. The topological polar surface area (TPSA) is 229 Å². The average molecular weight is 895 g/mol. The van der Waals surface area contributed by atoms with Crippen LogP contribution in [0.25, 0.3) is 22.3 Å². The van der Waals surface area contributed by atoms with Crippen molar-refractivity contribution in [2.45, 2.75) is 134 Å². The summed E-state index contributed by atoms with van der Waals surface area (Å²) in [6.45, 7) is 14.1. The minimum atomic E-state index is -3.13. The minimum Gasteiger partial charge on any atom is -0.493 e. The number of nitrogens with one attached hydrogen (secondary N) is 2. The molecule has 5 atom stereocenters. The summed E-state index contributed by atoms with van der Waals surface area (Å²) in [6.07, 6.45) is 6.80. The van der Waals surface area contributed by atoms with E-state index in [1.54, 1.807) is 11.3 Å². The van der Waals surface area contributed by atoms with E-state index < -0.39 is 69.0 Å². The number of aromatic nitrogens is 2. The number of alkyl carbamates (subject to hydrolysis) is 1. The van der Waals surface area contributed by atoms with E-state index in [1.807, 2.05) is 44.4 Å². The Balaban J connectivity index is 0.000000752. The van der Waals surface area contributed by atoms with Crippen LogP contribution in [0, 0.1) is 17.3 Å². The molecule has 18 heteroatoms. The Bertz CT molecular complexity index is 2330.